The van der Waals surface area contributed by atoms with Gasteiger partial charge < -0.3 is 48.0 Å². The molecule has 77 heavy (non-hydrogen) atoms. The van der Waals surface area contributed by atoms with Gasteiger partial charge in [-0.2, -0.15) is 0 Å². The third kappa shape index (κ3) is 26.9. The van der Waals surface area contributed by atoms with Gasteiger partial charge in [-0.05, 0) is 240 Å². The fourth-order valence-corrected chi connectivity index (χ4v) is 10.6. The lowest BCUT2D eigenvalue weighted by molar-refractivity contribution is -0.0170. The Hall–Kier alpha value is -4.38. The van der Waals surface area contributed by atoms with E-state index in [1.807, 2.05) is 103 Å². The minimum Gasteiger partial charge on any atom is -0.444 e. The van der Waals surface area contributed by atoms with Crippen LogP contribution in [0, 0.1) is 23.7 Å². The lowest BCUT2D eigenvalue weighted by atomic mass is 9.76. The summed E-state index contributed by atoms with van der Waals surface area (Å²) in [6, 6.07) is 0.723. The average Bonchev–Trinajstić information content (AvgIpc) is 3.20. The van der Waals surface area contributed by atoms with Gasteiger partial charge in [-0.15, -0.1) is 0 Å². The zero-order chi connectivity index (χ0) is 59.4. The zero-order valence-electron chi connectivity index (χ0n) is 52.8. The fraction of sp³-hybridized carbons (Fsp3) is 0.898. The van der Waals surface area contributed by atoms with E-state index in [-0.39, 0.29) is 55.2 Å². The molecule has 448 valence electrons. The largest absolute Gasteiger partial charge is 0.444 e. The second-order valence-electron chi connectivity index (χ2n) is 28.6. The van der Waals surface area contributed by atoms with E-state index in [0.29, 0.717) is 23.7 Å². The fourth-order valence-electron chi connectivity index (χ4n) is 10.6. The highest BCUT2D eigenvalue weighted by atomic mass is 16.6. The van der Waals surface area contributed by atoms with Crippen molar-refractivity contribution in [2.24, 2.45) is 23.7 Å². The van der Waals surface area contributed by atoms with E-state index in [4.69, 9.17) is 28.4 Å². The second kappa shape index (κ2) is 28.2. The number of carbonyl (C=O) groups excluding carboxylic acids is 6. The standard InChI is InChI=1S/C25H46N2O4.C21H38N2O4.C13H26N2O4/c1-16-11-20(12-17(2)26(16)22(28)30-24(5,6)7)15-21-13-18(3)27(19(4)14-21)23(29)31-25(8,9)10;1-20(2,3)26-18(24)22-11-7-16(8-12-22)15-17-9-13-23(14-10-17)19(25)27-21(4,5)6;1-12(2,3)18-10(16)14(7)9-15(8)11(17)19-13(4,5)6/h16-21H,11-15H2,1-10H3;16-17H,7-15H2,1-6H3;9H2,1-8H3. The summed E-state index contributed by atoms with van der Waals surface area (Å²) in [5, 5.41) is 0. The number of nitrogens with zero attached hydrogens (tertiary/aromatic N) is 6. The number of carbonyl (C=O) groups is 6. The lowest BCUT2D eigenvalue weighted by Crippen LogP contribution is -2.53. The van der Waals surface area contributed by atoms with Crippen molar-refractivity contribution in [1.82, 2.24) is 29.4 Å². The first-order valence-electron chi connectivity index (χ1n) is 28.7. The maximum atomic E-state index is 12.7. The summed E-state index contributed by atoms with van der Waals surface area (Å²) in [5.41, 5.74) is -2.93. The van der Waals surface area contributed by atoms with Crippen molar-refractivity contribution in [3.05, 3.63) is 0 Å². The molecule has 0 aliphatic carbocycles. The molecule has 6 amide bonds. The molecule has 4 rings (SSSR count). The first kappa shape index (κ1) is 68.7. The summed E-state index contributed by atoms with van der Waals surface area (Å²) >= 11 is 0. The number of hydrogen-bond donors (Lipinski definition) is 0. The Morgan fingerprint density at radius 3 is 0.818 bits per heavy atom. The van der Waals surface area contributed by atoms with E-state index < -0.39 is 45.8 Å². The second-order valence-corrected chi connectivity index (χ2v) is 28.6. The Morgan fingerprint density at radius 1 is 0.364 bits per heavy atom. The third-order valence-electron chi connectivity index (χ3n) is 13.5. The van der Waals surface area contributed by atoms with Crippen LogP contribution < -0.4 is 0 Å². The van der Waals surface area contributed by atoms with Crippen molar-refractivity contribution in [2.75, 3.05) is 46.9 Å². The first-order chi connectivity index (χ1) is 34.8. The van der Waals surface area contributed by atoms with Crippen molar-refractivity contribution in [3.8, 4) is 0 Å². The van der Waals surface area contributed by atoms with Crippen molar-refractivity contribution in [3.63, 3.8) is 0 Å². The number of hydrogen-bond acceptors (Lipinski definition) is 12. The van der Waals surface area contributed by atoms with E-state index in [2.05, 4.69) is 27.7 Å². The number of ether oxygens (including phenoxy) is 6. The van der Waals surface area contributed by atoms with Gasteiger partial charge in [0.05, 0.1) is 0 Å². The first-order valence-corrected chi connectivity index (χ1v) is 28.7. The van der Waals surface area contributed by atoms with Gasteiger partial charge >= 0.3 is 36.6 Å². The molecule has 4 aliphatic heterocycles. The molecular formula is C59H110N6O12. The average molecular weight is 1100 g/mol. The minimum atomic E-state index is -0.560. The Labute approximate surface area is 466 Å². The van der Waals surface area contributed by atoms with Gasteiger partial charge in [0.25, 0.3) is 0 Å². The van der Waals surface area contributed by atoms with Gasteiger partial charge in [0.1, 0.15) is 40.3 Å². The predicted molar refractivity (Wildman–Crippen MR) is 303 cm³/mol. The van der Waals surface area contributed by atoms with Crippen LogP contribution in [0.5, 0.6) is 0 Å². The third-order valence-corrected chi connectivity index (χ3v) is 13.5. The molecule has 4 atom stereocenters. The maximum absolute atomic E-state index is 12.7. The molecule has 0 aromatic heterocycles. The SMILES string of the molecule is CC(C)(C)OC(=O)N1CCC(CC2CCN(C(=O)OC(C)(C)C)CC2)CC1.CC1CC(CC2CC(C)N(C(=O)OC(C)(C)C)C(C)C2)CC(C)N1C(=O)OC(C)(C)C.CN(CN(C)C(=O)OC(C)(C)C)C(=O)OC(C)(C)C. The molecule has 0 saturated carbocycles. The topological polar surface area (TPSA) is 177 Å². The van der Waals surface area contributed by atoms with Crippen molar-refractivity contribution < 1.29 is 57.2 Å². The molecule has 18 heteroatoms. The van der Waals surface area contributed by atoms with Crippen LogP contribution in [-0.2, 0) is 28.4 Å². The van der Waals surface area contributed by atoms with E-state index in [1.54, 1.807) is 55.6 Å². The Morgan fingerprint density at radius 2 is 0.584 bits per heavy atom. The van der Waals surface area contributed by atoms with Crippen LogP contribution in [-0.4, -0.2) is 171 Å². The van der Waals surface area contributed by atoms with Crippen LogP contribution in [0.1, 0.15) is 217 Å². The highest BCUT2D eigenvalue weighted by Crippen LogP contribution is 2.39. The molecule has 4 aliphatic rings. The van der Waals surface area contributed by atoms with E-state index in [9.17, 15) is 28.8 Å². The van der Waals surface area contributed by atoms with Crippen LogP contribution in [0.25, 0.3) is 0 Å². The molecule has 4 saturated heterocycles. The van der Waals surface area contributed by atoms with Crippen LogP contribution in [0.2, 0.25) is 0 Å². The number of likely N-dealkylation sites (tertiary alicyclic amines) is 4. The van der Waals surface area contributed by atoms with Crippen LogP contribution in [0.3, 0.4) is 0 Å². The van der Waals surface area contributed by atoms with Gasteiger partial charge in [-0.3, -0.25) is 9.80 Å². The number of piperidine rings is 4. The van der Waals surface area contributed by atoms with E-state index >= 15 is 0 Å². The van der Waals surface area contributed by atoms with Crippen molar-refractivity contribution in [2.45, 2.75) is 274 Å². The Balaban J connectivity index is 0.000000407. The van der Waals surface area contributed by atoms with Gasteiger partial charge in [-0.1, -0.05) is 0 Å². The summed E-state index contributed by atoms with van der Waals surface area (Å²) in [5.74, 6) is 2.53. The molecule has 0 N–H and O–H groups in total. The molecular weight excluding hydrogens is 985 g/mol. The molecule has 0 radical (unpaired) electrons. The number of rotatable bonds is 6. The van der Waals surface area contributed by atoms with Crippen LogP contribution in [0.4, 0.5) is 28.8 Å². The summed E-state index contributed by atoms with van der Waals surface area (Å²) < 4.78 is 32.6. The smallest absolute Gasteiger partial charge is 0.411 e. The normalized spacial score (nSPS) is 23.2. The summed E-state index contributed by atoms with van der Waals surface area (Å²) in [6.07, 6.45) is 8.86. The molecule has 4 fully saturated rings. The molecule has 4 heterocycles. The summed E-state index contributed by atoms with van der Waals surface area (Å²) in [7, 11) is 3.13. The van der Waals surface area contributed by atoms with Gasteiger partial charge in [-0.25, -0.2) is 28.8 Å². The Kier molecular flexibility index (Phi) is 25.1. The van der Waals surface area contributed by atoms with E-state index in [1.165, 1.54) is 16.2 Å². The van der Waals surface area contributed by atoms with Crippen LogP contribution in [0.15, 0.2) is 0 Å². The highest BCUT2D eigenvalue weighted by molar-refractivity contribution is 5.71. The predicted octanol–water partition coefficient (Wildman–Crippen LogP) is 13.6. The van der Waals surface area contributed by atoms with E-state index in [0.717, 1.165) is 84.0 Å². The van der Waals surface area contributed by atoms with Gasteiger partial charge in [0.2, 0.25) is 0 Å². The zero-order valence-corrected chi connectivity index (χ0v) is 52.8. The lowest BCUT2D eigenvalue weighted by Gasteiger charge is -2.46. The molecule has 4 unspecified atom stereocenters. The summed E-state index contributed by atoms with van der Waals surface area (Å²) in [4.78, 5) is 83.3. The van der Waals surface area contributed by atoms with Crippen molar-refractivity contribution in [1.29, 1.82) is 0 Å². The highest BCUT2D eigenvalue weighted by Gasteiger charge is 2.41. The molecule has 0 bridgehead atoms. The minimum absolute atomic E-state index is 0.101. The molecule has 18 nitrogen and oxygen atoms in total. The molecule has 0 aromatic carbocycles. The summed E-state index contributed by atoms with van der Waals surface area (Å²) in [6.45, 7) is 45.5. The van der Waals surface area contributed by atoms with Crippen LogP contribution >= 0.6 is 0 Å². The molecule has 0 aromatic rings. The number of amides is 6. The Bertz CT molecular complexity index is 1730. The monoisotopic (exact) mass is 1090 g/mol. The van der Waals surface area contributed by atoms with Gasteiger partial charge in [0.15, 0.2) is 0 Å². The molecule has 0 spiro atoms. The maximum Gasteiger partial charge on any atom is 0.411 e. The van der Waals surface area contributed by atoms with Crippen molar-refractivity contribution >= 4 is 36.6 Å². The van der Waals surface area contributed by atoms with Gasteiger partial charge in [0, 0.05) is 64.4 Å². The quantitative estimate of drug-likeness (QED) is 0.182.